The number of anilines is 1. The van der Waals surface area contributed by atoms with E-state index in [1.54, 1.807) is 24.0 Å². The van der Waals surface area contributed by atoms with E-state index in [1.165, 1.54) is 24.3 Å². The maximum Gasteiger partial charge on any atom is 0.280 e. The van der Waals surface area contributed by atoms with Gasteiger partial charge < -0.3 is 9.57 Å². The van der Waals surface area contributed by atoms with Gasteiger partial charge in [-0.1, -0.05) is 28.6 Å². The van der Waals surface area contributed by atoms with Crippen molar-refractivity contribution in [2.45, 2.75) is 30.4 Å². The minimum atomic E-state index is -3.76. The molecule has 1 fully saturated rings. The number of benzene rings is 1. The molecule has 14 heteroatoms. The van der Waals surface area contributed by atoms with Gasteiger partial charge in [0.05, 0.1) is 11.1 Å². The molecule has 1 saturated heterocycles. The molecule has 4 rings (SSSR count). The number of hydrogen-bond donors (Lipinski definition) is 2. The number of sulfonamides is 1. The molecule has 0 spiro atoms. The summed E-state index contributed by atoms with van der Waals surface area (Å²) in [4.78, 5) is 22.0. The quantitative estimate of drug-likeness (QED) is 0.324. The van der Waals surface area contributed by atoms with Crippen molar-refractivity contribution >= 4 is 38.1 Å². The molecule has 35 heavy (non-hydrogen) atoms. The molecule has 0 saturated carbocycles. The van der Waals surface area contributed by atoms with Gasteiger partial charge in [0.15, 0.2) is 22.6 Å². The van der Waals surface area contributed by atoms with Crippen LogP contribution in [0.2, 0.25) is 0 Å². The van der Waals surface area contributed by atoms with E-state index in [9.17, 15) is 17.6 Å². The molecule has 186 valence electrons. The van der Waals surface area contributed by atoms with Gasteiger partial charge in [-0.15, -0.1) is 0 Å². The predicted molar refractivity (Wildman–Crippen MR) is 126 cm³/mol. The molecule has 1 aliphatic heterocycles. The molecule has 3 heterocycles. The monoisotopic (exact) mass is 522 g/mol. The SMILES string of the molecule is Cn1ccc(CO/N=C(/C(=O)Nc2ncc(F)s2)c2ccc(S(=O)(=O)NC3CCOCC3)cc2)n1. The molecule has 11 nitrogen and oxygen atoms in total. The maximum absolute atomic E-state index is 13.3. The van der Waals surface area contributed by atoms with Crippen LogP contribution in [0.3, 0.4) is 0 Å². The lowest BCUT2D eigenvalue weighted by atomic mass is 10.1. The van der Waals surface area contributed by atoms with Crippen LogP contribution in [0.1, 0.15) is 24.1 Å². The number of ether oxygens (including phenoxy) is 1. The van der Waals surface area contributed by atoms with E-state index in [4.69, 9.17) is 9.57 Å². The molecule has 1 amide bonds. The van der Waals surface area contributed by atoms with Gasteiger partial charge in [-0.05, 0) is 31.0 Å². The van der Waals surface area contributed by atoms with Gasteiger partial charge in [0.1, 0.15) is 5.69 Å². The van der Waals surface area contributed by atoms with E-state index in [0.29, 0.717) is 48.6 Å². The minimum absolute atomic E-state index is 0.00495. The summed E-state index contributed by atoms with van der Waals surface area (Å²) in [7, 11) is -2.00. The molecule has 3 aromatic rings. The molecular formula is C21H23FN6O5S2. The Kier molecular flexibility index (Phi) is 7.85. The standard InChI is InChI=1S/C21H23FN6O5S2/c1-28-9-6-16(25-28)13-33-26-19(20(29)24-21-23-12-18(22)34-21)14-2-4-17(5-3-14)35(30,31)27-15-7-10-32-11-8-15/h2-6,9,12,15,27H,7-8,10-11,13H2,1H3,(H,23,24,29)/b26-19+. The third-order valence-electron chi connectivity index (χ3n) is 5.03. The van der Waals surface area contributed by atoms with Crippen LogP contribution >= 0.6 is 11.3 Å². The second kappa shape index (κ2) is 11.0. The summed E-state index contributed by atoms with van der Waals surface area (Å²) < 4.78 is 48.3. The van der Waals surface area contributed by atoms with Crippen LogP contribution in [-0.4, -0.2) is 54.1 Å². The van der Waals surface area contributed by atoms with Crippen molar-refractivity contribution in [3.8, 4) is 0 Å². The highest BCUT2D eigenvalue weighted by Crippen LogP contribution is 2.18. The molecule has 1 aromatic carbocycles. The van der Waals surface area contributed by atoms with Crippen molar-refractivity contribution < 1.29 is 27.2 Å². The van der Waals surface area contributed by atoms with Crippen molar-refractivity contribution in [3.05, 3.63) is 59.1 Å². The number of aryl methyl sites for hydroxylation is 1. The predicted octanol–water partition coefficient (Wildman–Crippen LogP) is 2.03. The fourth-order valence-electron chi connectivity index (χ4n) is 3.29. The third kappa shape index (κ3) is 6.69. The highest BCUT2D eigenvalue weighted by Gasteiger charge is 2.23. The highest BCUT2D eigenvalue weighted by molar-refractivity contribution is 7.89. The van der Waals surface area contributed by atoms with E-state index in [-0.39, 0.29) is 28.4 Å². The van der Waals surface area contributed by atoms with Crippen molar-refractivity contribution in [1.29, 1.82) is 0 Å². The Morgan fingerprint density at radius 2 is 2.03 bits per heavy atom. The van der Waals surface area contributed by atoms with Gasteiger partial charge >= 0.3 is 0 Å². The van der Waals surface area contributed by atoms with Crippen LogP contribution in [0.4, 0.5) is 9.52 Å². The second-order valence-electron chi connectivity index (χ2n) is 7.65. The van der Waals surface area contributed by atoms with E-state index in [1.807, 2.05) is 0 Å². The zero-order chi connectivity index (χ0) is 24.8. The Bertz CT molecular complexity index is 1300. The summed E-state index contributed by atoms with van der Waals surface area (Å²) in [6, 6.07) is 7.18. The highest BCUT2D eigenvalue weighted by atomic mass is 32.2. The summed E-state index contributed by atoms with van der Waals surface area (Å²) in [6.45, 7) is 1.01. The lowest BCUT2D eigenvalue weighted by Gasteiger charge is -2.23. The Morgan fingerprint density at radius 3 is 2.66 bits per heavy atom. The Balaban J connectivity index is 1.53. The maximum atomic E-state index is 13.3. The second-order valence-corrected chi connectivity index (χ2v) is 10.3. The molecule has 0 bridgehead atoms. The fourth-order valence-corrected chi connectivity index (χ4v) is 5.14. The summed E-state index contributed by atoms with van der Waals surface area (Å²) in [5.41, 5.74) is 0.752. The lowest BCUT2D eigenvalue weighted by Crippen LogP contribution is -2.38. The molecule has 0 unspecified atom stereocenters. The first-order chi connectivity index (χ1) is 16.8. The largest absolute Gasteiger partial charge is 0.389 e. The van der Waals surface area contributed by atoms with Crippen LogP contribution in [0.25, 0.3) is 0 Å². The Hall–Kier alpha value is -3.20. The Labute approximate surface area is 205 Å². The molecule has 0 aliphatic carbocycles. The average molecular weight is 523 g/mol. The summed E-state index contributed by atoms with van der Waals surface area (Å²) in [5, 5.41) is 10.1. The number of nitrogens with one attached hydrogen (secondary N) is 2. The normalized spacial score (nSPS) is 15.2. The van der Waals surface area contributed by atoms with Gasteiger partial charge in [-0.25, -0.2) is 18.1 Å². The van der Waals surface area contributed by atoms with Crippen molar-refractivity contribution in [2.24, 2.45) is 12.2 Å². The summed E-state index contributed by atoms with van der Waals surface area (Å²) in [5.74, 6) is -0.698. The molecule has 2 N–H and O–H groups in total. The number of hydrogen-bond acceptors (Lipinski definition) is 9. The van der Waals surface area contributed by atoms with E-state index in [0.717, 1.165) is 6.20 Å². The smallest absolute Gasteiger partial charge is 0.280 e. The summed E-state index contributed by atoms with van der Waals surface area (Å²) >= 11 is 0.660. The summed E-state index contributed by atoms with van der Waals surface area (Å²) in [6.07, 6.45) is 3.92. The van der Waals surface area contributed by atoms with Crippen LogP contribution in [0.5, 0.6) is 0 Å². The van der Waals surface area contributed by atoms with Crippen LogP contribution in [0, 0.1) is 5.13 Å². The number of rotatable bonds is 9. The zero-order valence-electron chi connectivity index (χ0n) is 18.7. The van der Waals surface area contributed by atoms with Crippen LogP contribution in [-0.2, 0) is 38.0 Å². The first-order valence-electron chi connectivity index (χ1n) is 10.6. The number of thiazole rings is 1. The number of halogens is 1. The molecule has 2 aromatic heterocycles. The van der Waals surface area contributed by atoms with Gasteiger partial charge in [-0.3, -0.25) is 14.8 Å². The van der Waals surface area contributed by atoms with Crippen LogP contribution in [0.15, 0.2) is 52.8 Å². The third-order valence-corrected chi connectivity index (χ3v) is 7.27. The van der Waals surface area contributed by atoms with Crippen molar-refractivity contribution in [3.63, 3.8) is 0 Å². The van der Waals surface area contributed by atoms with Crippen molar-refractivity contribution in [1.82, 2.24) is 19.5 Å². The number of carbonyl (C=O) groups is 1. The topological polar surface area (TPSA) is 137 Å². The van der Waals surface area contributed by atoms with E-state index >= 15 is 0 Å². The van der Waals surface area contributed by atoms with E-state index < -0.39 is 21.1 Å². The number of aromatic nitrogens is 3. The van der Waals surface area contributed by atoms with Gasteiger partial charge in [-0.2, -0.15) is 9.49 Å². The minimum Gasteiger partial charge on any atom is -0.389 e. The van der Waals surface area contributed by atoms with Crippen LogP contribution < -0.4 is 10.0 Å². The molecular weight excluding hydrogens is 499 g/mol. The fraction of sp³-hybridized carbons (Fsp3) is 0.333. The number of nitrogens with zero attached hydrogens (tertiary/aromatic N) is 4. The zero-order valence-corrected chi connectivity index (χ0v) is 20.3. The number of amides is 1. The average Bonchev–Trinajstić information content (AvgIpc) is 3.44. The first kappa shape index (κ1) is 24.9. The number of carbonyl (C=O) groups excluding carboxylic acids is 1. The Morgan fingerprint density at radius 1 is 1.29 bits per heavy atom. The van der Waals surface area contributed by atoms with E-state index in [2.05, 4.69) is 25.3 Å². The molecule has 0 atom stereocenters. The molecule has 0 radical (unpaired) electrons. The van der Waals surface area contributed by atoms with Gasteiger partial charge in [0.25, 0.3) is 5.91 Å². The number of oxime groups is 1. The van der Waals surface area contributed by atoms with Gasteiger partial charge in [0.2, 0.25) is 10.0 Å². The first-order valence-corrected chi connectivity index (χ1v) is 12.9. The lowest BCUT2D eigenvalue weighted by molar-refractivity contribution is -0.110. The van der Waals surface area contributed by atoms with Crippen molar-refractivity contribution in [2.75, 3.05) is 18.5 Å². The molecule has 1 aliphatic rings. The van der Waals surface area contributed by atoms with Gasteiger partial charge in [0, 0.05) is 38.1 Å².